The minimum absolute atomic E-state index is 0.0707. The first-order chi connectivity index (χ1) is 18.1. The number of alkyl halides is 3. The summed E-state index contributed by atoms with van der Waals surface area (Å²) in [5.41, 5.74) is -0.0326. The van der Waals surface area contributed by atoms with E-state index in [0.29, 0.717) is 42.9 Å². The van der Waals surface area contributed by atoms with Crippen LogP contribution >= 0.6 is 11.6 Å². The Labute approximate surface area is 229 Å². The summed E-state index contributed by atoms with van der Waals surface area (Å²) in [6.07, 6.45) is 0.0201. The summed E-state index contributed by atoms with van der Waals surface area (Å²) in [6, 6.07) is 5.56. The van der Waals surface area contributed by atoms with E-state index >= 15 is 0 Å². The van der Waals surface area contributed by atoms with Crippen molar-refractivity contribution < 1.29 is 27.6 Å². The lowest BCUT2D eigenvalue weighted by molar-refractivity contribution is -0.175. The van der Waals surface area contributed by atoms with Crippen molar-refractivity contribution in [3.05, 3.63) is 41.2 Å². The number of nitrogens with one attached hydrogen (secondary N) is 2. The van der Waals surface area contributed by atoms with Crippen molar-refractivity contribution in [1.82, 2.24) is 20.5 Å². The van der Waals surface area contributed by atoms with Gasteiger partial charge in [-0.3, -0.25) is 19.4 Å². The van der Waals surface area contributed by atoms with E-state index in [1.807, 2.05) is 44.3 Å². The molecule has 3 amide bonds. The van der Waals surface area contributed by atoms with Crippen LogP contribution in [0.5, 0.6) is 0 Å². The molecule has 12 heteroatoms. The van der Waals surface area contributed by atoms with Crippen molar-refractivity contribution in [2.24, 2.45) is 16.7 Å². The van der Waals surface area contributed by atoms with E-state index < -0.39 is 35.5 Å². The van der Waals surface area contributed by atoms with Crippen molar-refractivity contribution in [3.63, 3.8) is 0 Å². The first-order valence-electron chi connectivity index (χ1n) is 12.4. The molecule has 2 N–H and O–H groups in total. The standard InChI is InChI=1S/C15H23F3N2O2.C12H8ClN3O/c1-9-7-20(8-13(9,2)3)11(21)10(14(4)5-6-14)19-12(22)15(16,17)18;13-10-3-1-2-8-5-15-6-9(12(8)10)11(4-14)16-7-17/h9-10H,5-8H2,1-4H3,(H,19,22);1-3,5-7,11H,(H,16,17). The van der Waals surface area contributed by atoms with Crippen LogP contribution in [-0.4, -0.2) is 53.4 Å². The maximum Gasteiger partial charge on any atom is 0.471 e. The van der Waals surface area contributed by atoms with Gasteiger partial charge in [0.05, 0.1) is 6.07 Å². The van der Waals surface area contributed by atoms with Gasteiger partial charge in [0.2, 0.25) is 12.3 Å². The number of hydrogen-bond acceptors (Lipinski definition) is 5. The highest BCUT2D eigenvalue weighted by atomic mass is 35.5. The Morgan fingerprint density at radius 2 is 1.92 bits per heavy atom. The molecule has 0 spiro atoms. The number of aromatic nitrogens is 1. The van der Waals surface area contributed by atoms with Crippen molar-refractivity contribution >= 4 is 40.6 Å². The Balaban J connectivity index is 0.000000223. The molecule has 1 aromatic carbocycles. The van der Waals surface area contributed by atoms with E-state index in [4.69, 9.17) is 16.9 Å². The number of likely N-dealkylation sites (tertiary alicyclic amines) is 1. The lowest BCUT2D eigenvalue weighted by Gasteiger charge is -2.29. The zero-order valence-corrected chi connectivity index (χ0v) is 22.9. The summed E-state index contributed by atoms with van der Waals surface area (Å²) in [7, 11) is 0. The minimum atomic E-state index is -4.97. The molecule has 2 fully saturated rings. The van der Waals surface area contributed by atoms with Crippen molar-refractivity contribution in [3.8, 4) is 6.07 Å². The summed E-state index contributed by atoms with van der Waals surface area (Å²) >= 11 is 6.11. The number of nitriles is 1. The zero-order valence-electron chi connectivity index (χ0n) is 22.1. The average molecular weight is 566 g/mol. The van der Waals surface area contributed by atoms with Gasteiger partial charge < -0.3 is 15.5 Å². The quantitative estimate of drug-likeness (QED) is 0.499. The highest BCUT2D eigenvalue weighted by Crippen LogP contribution is 2.49. The highest BCUT2D eigenvalue weighted by Gasteiger charge is 2.54. The summed E-state index contributed by atoms with van der Waals surface area (Å²) in [6.45, 7) is 8.86. The van der Waals surface area contributed by atoms with Crippen LogP contribution in [0.25, 0.3) is 10.8 Å². The smallest absolute Gasteiger partial charge is 0.340 e. The van der Waals surface area contributed by atoms with Crippen LogP contribution < -0.4 is 10.6 Å². The molecule has 2 aromatic rings. The third-order valence-electron chi connectivity index (χ3n) is 7.69. The van der Waals surface area contributed by atoms with Crippen molar-refractivity contribution in [2.45, 2.75) is 58.8 Å². The maximum atomic E-state index is 12.7. The second-order valence-corrected chi connectivity index (χ2v) is 11.5. The highest BCUT2D eigenvalue weighted by molar-refractivity contribution is 6.35. The topological polar surface area (TPSA) is 115 Å². The van der Waals surface area contributed by atoms with Crippen LogP contribution in [0, 0.1) is 28.1 Å². The van der Waals surface area contributed by atoms with Crippen LogP contribution in [-0.2, 0) is 14.4 Å². The van der Waals surface area contributed by atoms with Crippen molar-refractivity contribution in [1.29, 1.82) is 5.26 Å². The predicted molar refractivity (Wildman–Crippen MR) is 139 cm³/mol. The number of pyridine rings is 1. The molecule has 210 valence electrons. The van der Waals surface area contributed by atoms with Gasteiger partial charge in [0.1, 0.15) is 12.1 Å². The summed E-state index contributed by atoms with van der Waals surface area (Å²) < 4.78 is 37.5. The number of fused-ring (bicyclic) bond motifs is 1. The molecule has 2 heterocycles. The third kappa shape index (κ3) is 6.79. The molecule has 39 heavy (non-hydrogen) atoms. The monoisotopic (exact) mass is 565 g/mol. The number of halogens is 4. The van der Waals surface area contributed by atoms with Gasteiger partial charge in [-0.2, -0.15) is 18.4 Å². The van der Waals surface area contributed by atoms with E-state index in [0.717, 1.165) is 10.8 Å². The summed E-state index contributed by atoms with van der Waals surface area (Å²) in [5, 5.41) is 15.5. The molecule has 1 aliphatic heterocycles. The number of carbonyl (C=O) groups excluding carboxylic acids is 3. The maximum absolute atomic E-state index is 12.7. The Hall–Kier alpha value is -3.39. The van der Waals surface area contributed by atoms with Crippen LogP contribution in [0.4, 0.5) is 13.2 Å². The molecule has 0 bridgehead atoms. The van der Waals surface area contributed by atoms with E-state index in [-0.39, 0.29) is 11.3 Å². The number of hydrogen-bond donors (Lipinski definition) is 2. The van der Waals surface area contributed by atoms with Gasteiger partial charge in [-0.05, 0) is 35.7 Å². The normalized spacial score (nSPS) is 20.6. The van der Waals surface area contributed by atoms with E-state index in [2.05, 4.69) is 10.3 Å². The SMILES string of the molecule is CC1CN(C(=O)C(NC(=O)C(F)(F)F)C2(C)CC2)CC1(C)C.N#CC(NC=O)c1cncc2cccc(Cl)c12. The van der Waals surface area contributed by atoms with Crippen LogP contribution in [0.15, 0.2) is 30.6 Å². The Bertz CT molecular complexity index is 1280. The zero-order chi connectivity index (χ0) is 29.2. The molecule has 0 radical (unpaired) electrons. The first kappa shape index (κ1) is 30.2. The van der Waals surface area contributed by atoms with Gasteiger partial charge in [0, 0.05) is 46.8 Å². The molecule has 3 atom stereocenters. The number of amides is 3. The number of benzene rings is 1. The van der Waals surface area contributed by atoms with Crippen LogP contribution in [0.3, 0.4) is 0 Å². The molecular formula is C27H31ClF3N5O3. The fourth-order valence-corrected chi connectivity index (χ4v) is 4.86. The van der Waals surface area contributed by atoms with Gasteiger partial charge in [-0.1, -0.05) is 51.4 Å². The molecule has 8 nitrogen and oxygen atoms in total. The minimum Gasteiger partial charge on any atom is -0.340 e. The number of rotatable bonds is 6. The summed E-state index contributed by atoms with van der Waals surface area (Å²) in [4.78, 5) is 40.0. The molecule has 1 aliphatic carbocycles. The van der Waals surface area contributed by atoms with Gasteiger partial charge in [-0.25, -0.2) is 0 Å². The lowest BCUT2D eigenvalue weighted by atomic mass is 9.84. The molecule has 3 unspecified atom stereocenters. The fraction of sp³-hybridized carbons (Fsp3) is 0.519. The Morgan fingerprint density at radius 1 is 1.26 bits per heavy atom. The Kier molecular flexibility index (Phi) is 8.80. The van der Waals surface area contributed by atoms with E-state index in [1.165, 1.54) is 0 Å². The summed E-state index contributed by atoms with van der Waals surface area (Å²) in [5.74, 6) is -2.16. The van der Waals surface area contributed by atoms with Crippen molar-refractivity contribution in [2.75, 3.05) is 13.1 Å². The number of carbonyl (C=O) groups is 3. The fourth-order valence-electron chi connectivity index (χ4n) is 4.57. The molecular weight excluding hydrogens is 535 g/mol. The second kappa shape index (κ2) is 11.4. The molecule has 1 aromatic heterocycles. The molecule has 1 saturated heterocycles. The molecule has 2 aliphatic rings. The van der Waals surface area contributed by atoms with E-state index in [1.54, 1.807) is 30.3 Å². The van der Waals surface area contributed by atoms with Gasteiger partial charge in [-0.15, -0.1) is 0 Å². The van der Waals surface area contributed by atoms with Crippen LogP contribution in [0.2, 0.25) is 5.02 Å². The van der Waals surface area contributed by atoms with E-state index in [9.17, 15) is 27.6 Å². The van der Waals surface area contributed by atoms with Gasteiger partial charge in [0.25, 0.3) is 0 Å². The predicted octanol–water partition coefficient (Wildman–Crippen LogP) is 4.54. The second-order valence-electron chi connectivity index (χ2n) is 11.1. The van der Waals surface area contributed by atoms with Gasteiger partial charge >= 0.3 is 12.1 Å². The van der Waals surface area contributed by atoms with Crippen LogP contribution in [0.1, 0.15) is 52.1 Å². The lowest BCUT2D eigenvalue weighted by Crippen LogP contribution is -2.55. The average Bonchev–Trinajstić information content (AvgIpc) is 3.55. The molecule has 1 saturated carbocycles. The third-order valence-corrected chi connectivity index (χ3v) is 8.01. The first-order valence-corrected chi connectivity index (χ1v) is 12.8. The Morgan fingerprint density at radius 3 is 2.44 bits per heavy atom. The molecule has 4 rings (SSSR count). The van der Waals surface area contributed by atoms with Gasteiger partial charge in [0.15, 0.2) is 0 Å². The largest absolute Gasteiger partial charge is 0.471 e. The number of nitrogens with zero attached hydrogens (tertiary/aromatic N) is 3.